The molecule has 2 heterocycles. The molecule has 1 saturated heterocycles. The van der Waals surface area contributed by atoms with Crippen LogP contribution in [0.5, 0.6) is 5.88 Å². The predicted molar refractivity (Wildman–Crippen MR) is 128 cm³/mol. The number of aryl methyl sites for hydroxylation is 2. The minimum atomic E-state index is -0.215. The molecule has 32 heavy (non-hydrogen) atoms. The fourth-order valence-corrected chi connectivity index (χ4v) is 3.75. The molecule has 1 aliphatic rings. The van der Waals surface area contributed by atoms with Crippen LogP contribution in [0.2, 0.25) is 0 Å². The van der Waals surface area contributed by atoms with Crippen molar-refractivity contribution >= 4 is 23.2 Å². The number of hydrogen-bond donors (Lipinski definition) is 1. The number of nitrogens with zero attached hydrogens (tertiary/aromatic N) is 4. The number of ether oxygens (including phenoxy) is 1. The average Bonchev–Trinajstić information content (AvgIpc) is 2.83. The number of para-hydroxylation sites is 1. The smallest absolute Gasteiger partial charge is 0.262 e. The van der Waals surface area contributed by atoms with E-state index in [0.29, 0.717) is 11.8 Å². The normalized spacial score (nSPS) is 13.7. The Kier molecular flexibility index (Phi) is 6.84. The maximum absolute atomic E-state index is 12.3. The van der Waals surface area contributed by atoms with Gasteiger partial charge in [-0.3, -0.25) is 4.79 Å². The number of nitrogens with one attached hydrogen (secondary N) is 1. The molecule has 0 aliphatic carbocycles. The van der Waals surface area contributed by atoms with E-state index in [1.54, 1.807) is 6.07 Å². The Balaban J connectivity index is 1.34. The van der Waals surface area contributed by atoms with Crippen molar-refractivity contribution in [3.63, 3.8) is 0 Å². The van der Waals surface area contributed by atoms with Gasteiger partial charge in [0.15, 0.2) is 6.61 Å². The molecule has 166 valence electrons. The largest absolute Gasteiger partial charge is 0.467 e. The number of rotatable bonds is 7. The molecular formula is C25H29N5O2. The monoisotopic (exact) mass is 431 g/mol. The molecule has 4 rings (SSSR count). The van der Waals surface area contributed by atoms with E-state index in [0.717, 1.165) is 44.0 Å². The minimum absolute atomic E-state index is 0.103. The lowest BCUT2D eigenvalue weighted by molar-refractivity contribution is -0.118. The van der Waals surface area contributed by atoms with Gasteiger partial charge < -0.3 is 19.9 Å². The second-order valence-electron chi connectivity index (χ2n) is 7.85. The highest BCUT2D eigenvalue weighted by molar-refractivity contribution is 5.91. The number of carbonyl (C=O) groups excluding carboxylic acids is 1. The molecular weight excluding hydrogens is 402 g/mol. The second-order valence-corrected chi connectivity index (χ2v) is 7.85. The fraction of sp³-hybridized carbons (Fsp3) is 0.320. The van der Waals surface area contributed by atoms with Gasteiger partial charge in [0.1, 0.15) is 0 Å². The third-order valence-corrected chi connectivity index (χ3v) is 5.47. The van der Waals surface area contributed by atoms with E-state index in [1.807, 2.05) is 37.3 Å². The Morgan fingerprint density at radius 2 is 1.72 bits per heavy atom. The van der Waals surface area contributed by atoms with Gasteiger partial charge in [0.2, 0.25) is 11.8 Å². The molecule has 7 nitrogen and oxygen atoms in total. The van der Waals surface area contributed by atoms with Crippen LogP contribution in [0.1, 0.15) is 18.2 Å². The van der Waals surface area contributed by atoms with Crippen LogP contribution in [0.25, 0.3) is 0 Å². The van der Waals surface area contributed by atoms with Crippen molar-refractivity contribution in [2.45, 2.75) is 20.3 Å². The average molecular weight is 432 g/mol. The number of carbonyl (C=O) groups is 1. The van der Waals surface area contributed by atoms with Crippen molar-refractivity contribution in [3.05, 3.63) is 71.9 Å². The standard InChI is InChI=1S/C25H29N5O2/c1-3-20-8-7-9-21(17-20)27-23(31)18-32-24-16-19(2)26-25(28-24)30-14-12-29(13-15-30)22-10-5-4-6-11-22/h4-11,16-17H,3,12-15,18H2,1-2H3,(H,27,31). The number of piperazine rings is 1. The van der Waals surface area contributed by atoms with Crippen LogP contribution in [0.4, 0.5) is 17.3 Å². The SMILES string of the molecule is CCc1cccc(NC(=O)COc2cc(C)nc(N3CCN(c4ccccc4)CC3)n2)c1. The predicted octanol–water partition coefficient (Wildman–Crippen LogP) is 3.69. The maximum Gasteiger partial charge on any atom is 0.262 e. The van der Waals surface area contributed by atoms with Crippen LogP contribution < -0.4 is 19.9 Å². The van der Waals surface area contributed by atoms with E-state index in [9.17, 15) is 4.79 Å². The van der Waals surface area contributed by atoms with Crippen LogP contribution in [0, 0.1) is 6.92 Å². The van der Waals surface area contributed by atoms with Gasteiger partial charge in [0.05, 0.1) is 0 Å². The molecule has 1 aromatic heterocycles. The molecule has 7 heteroatoms. The van der Waals surface area contributed by atoms with E-state index in [2.05, 4.69) is 56.3 Å². The van der Waals surface area contributed by atoms with Crippen LogP contribution >= 0.6 is 0 Å². The van der Waals surface area contributed by atoms with E-state index in [1.165, 1.54) is 11.3 Å². The van der Waals surface area contributed by atoms with Crippen molar-refractivity contribution < 1.29 is 9.53 Å². The highest BCUT2D eigenvalue weighted by atomic mass is 16.5. The molecule has 0 unspecified atom stereocenters. The maximum atomic E-state index is 12.3. The molecule has 0 radical (unpaired) electrons. The van der Waals surface area contributed by atoms with Crippen molar-refractivity contribution in [1.82, 2.24) is 9.97 Å². The summed E-state index contributed by atoms with van der Waals surface area (Å²) >= 11 is 0. The Morgan fingerprint density at radius 1 is 0.969 bits per heavy atom. The van der Waals surface area contributed by atoms with E-state index >= 15 is 0 Å². The Labute approximate surface area is 189 Å². The molecule has 3 aromatic rings. The van der Waals surface area contributed by atoms with E-state index < -0.39 is 0 Å². The minimum Gasteiger partial charge on any atom is -0.467 e. The van der Waals surface area contributed by atoms with E-state index in [4.69, 9.17) is 4.74 Å². The Morgan fingerprint density at radius 3 is 2.47 bits per heavy atom. The highest BCUT2D eigenvalue weighted by Crippen LogP contribution is 2.20. The summed E-state index contributed by atoms with van der Waals surface area (Å²) in [6.07, 6.45) is 0.919. The molecule has 0 atom stereocenters. The lowest BCUT2D eigenvalue weighted by Crippen LogP contribution is -2.47. The summed E-state index contributed by atoms with van der Waals surface area (Å²) in [4.78, 5) is 26.0. The molecule has 2 aromatic carbocycles. The zero-order valence-corrected chi connectivity index (χ0v) is 18.6. The van der Waals surface area contributed by atoms with Gasteiger partial charge in [-0.05, 0) is 43.2 Å². The van der Waals surface area contributed by atoms with Gasteiger partial charge in [-0.1, -0.05) is 37.3 Å². The van der Waals surface area contributed by atoms with Crippen LogP contribution in [0.15, 0.2) is 60.7 Å². The Bertz CT molecular complexity index is 1050. The van der Waals surface area contributed by atoms with Crippen LogP contribution in [-0.4, -0.2) is 48.7 Å². The summed E-state index contributed by atoms with van der Waals surface area (Å²) in [5.74, 6) is 0.840. The molecule has 0 bridgehead atoms. The lowest BCUT2D eigenvalue weighted by atomic mass is 10.1. The third-order valence-electron chi connectivity index (χ3n) is 5.47. The molecule has 1 fully saturated rings. The summed E-state index contributed by atoms with van der Waals surface area (Å²) in [5, 5.41) is 2.88. The van der Waals surface area contributed by atoms with Crippen molar-refractivity contribution in [2.75, 3.05) is 47.9 Å². The van der Waals surface area contributed by atoms with Gasteiger partial charge in [0.25, 0.3) is 5.91 Å². The van der Waals surface area contributed by atoms with Gasteiger partial charge in [0, 0.05) is 49.3 Å². The second kappa shape index (κ2) is 10.1. The quantitative estimate of drug-likeness (QED) is 0.615. The van der Waals surface area contributed by atoms with Crippen molar-refractivity contribution in [3.8, 4) is 5.88 Å². The summed E-state index contributed by atoms with van der Waals surface area (Å²) < 4.78 is 5.70. The molecule has 1 aliphatic heterocycles. The first-order valence-corrected chi connectivity index (χ1v) is 11.0. The zero-order valence-electron chi connectivity index (χ0n) is 18.6. The first-order valence-electron chi connectivity index (χ1n) is 11.0. The topological polar surface area (TPSA) is 70.6 Å². The van der Waals surface area contributed by atoms with Crippen LogP contribution in [-0.2, 0) is 11.2 Å². The van der Waals surface area contributed by atoms with Crippen LogP contribution in [0.3, 0.4) is 0 Å². The third kappa shape index (κ3) is 5.55. The van der Waals surface area contributed by atoms with Gasteiger partial charge in [-0.15, -0.1) is 0 Å². The number of benzene rings is 2. The summed E-state index contributed by atoms with van der Waals surface area (Å²) in [5.41, 5.74) is 3.99. The lowest BCUT2D eigenvalue weighted by Gasteiger charge is -2.36. The summed E-state index contributed by atoms with van der Waals surface area (Å²) in [7, 11) is 0. The van der Waals surface area contributed by atoms with Crippen molar-refractivity contribution in [2.24, 2.45) is 0 Å². The zero-order chi connectivity index (χ0) is 22.3. The molecule has 0 spiro atoms. The van der Waals surface area contributed by atoms with Crippen molar-refractivity contribution in [1.29, 1.82) is 0 Å². The van der Waals surface area contributed by atoms with Gasteiger partial charge in [-0.2, -0.15) is 4.98 Å². The Hall–Kier alpha value is -3.61. The number of anilines is 3. The molecule has 0 saturated carbocycles. The first kappa shape index (κ1) is 21.6. The van der Waals surface area contributed by atoms with Gasteiger partial charge >= 0.3 is 0 Å². The van der Waals surface area contributed by atoms with Gasteiger partial charge in [-0.25, -0.2) is 4.98 Å². The number of amides is 1. The fourth-order valence-electron chi connectivity index (χ4n) is 3.75. The number of hydrogen-bond acceptors (Lipinski definition) is 6. The molecule has 1 amide bonds. The highest BCUT2D eigenvalue weighted by Gasteiger charge is 2.20. The summed E-state index contributed by atoms with van der Waals surface area (Å²) in [6, 6.07) is 20.0. The summed E-state index contributed by atoms with van der Waals surface area (Å²) in [6.45, 7) is 7.34. The van der Waals surface area contributed by atoms with E-state index in [-0.39, 0.29) is 12.5 Å². The molecule has 1 N–H and O–H groups in total. The first-order chi connectivity index (χ1) is 15.6. The number of aromatic nitrogens is 2.